The van der Waals surface area contributed by atoms with Crippen molar-refractivity contribution in [1.82, 2.24) is 20.0 Å². The van der Waals surface area contributed by atoms with E-state index in [1.165, 1.54) is 0 Å². The molecule has 32 heavy (non-hydrogen) atoms. The molecule has 3 heterocycles. The van der Waals surface area contributed by atoms with Gasteiger partial charge in [-0.05, 0) is 24.6 Å². The number of fused-ring (bicyclic) bond motifs is 1. The zero-order chi connectivity index (χ0) is 22.2. The van der Waals surface area contributed by atoms with Crippen LogP contribution < -0.4 is 4.74 Å². The van der Waals surface area contributed by atoms with Crippen LogP contribution in [0.4, 0.5) is 0 Å². The average Bonchev–Trinajstić information content (AvgIpc) is 3.38. The molecule has 2 aromatic heterocycles. The van der Waals surface area contributed by atoms with Gasteiger partial charge in [0.25, 0.3) is 0 Å². The van der Waals surface area contributed by atoms with Crippen molar-refractivity contribution in [1.29, 1.82) is 10.7 Å². The second-order valence-electron chi connectivity index (χ2n) is 7.74. The summed E-state index contributed by atoms with van der Waals surface area (Å²) in [4.78, 5) is 0. The highest BCUT2D eigenvalue weighted by Gasteiger charge is 2.41. The summed E-state index contributed by atoms with van der Waals surface area (Å²) in [5, 5.41) is 30.3. The number of aromatic nitrogens is 4. The molecule has 4 aromatic rings. The number of ether oxygens (including phenoxy) is 1. The van der Waals surface area contributed by atoms with Gasteiger partial charge in [0.15, 0.2) is 0 Å². The Bertz CT molecular complexity index is 1330. The highest BCUT2D eigenvalue weighted by atomic mass is 79.9. The first-order valence-corrected chi connectivity index (χ1v) is 10.9. The molecule has 0 bridgehead atoms. The van der Waals surface area contributed by atoms with E-state index in [9.17, 15) is 5.26 Å². The van der Waals surface area contributed by atoms with Crippen molar-refractivity contribution in [2.75, 3.05) is 0 Å². The lowest BCUT2D eigenvalue weighted by molar-refractivity contribution is 0.436. The topological polar surface area (TPSA) is 103 Å². The summed E-state index contributed by atoms with van der Waals surface area (Å²) < 4.78 is 8.47. The summed E-state index contributed by atoms with van der Waals surface area (Å²) in [5.74, 6) is -0.935. The number of rotatable bonds is 4. The van der Waals surface area contributed by atoms with Gasteiger partial charge in [-0.2, -0.15) is 10.4 Å². The van der Waals surface area contributed by atoms with E-state index in [0.717, 1.165) is 38.1 Å². The van der Waals surface area contributed by atoms with E-state index in [-0.39, 0.29) is 5.90 Å². The van der Waals surface area contributed by atoms with E-state index >= 15 is 0 Å². The van der Waals surface area contributed by atoms with Crippen molar-refractivity contribution >= 4 is 21.8 Å². The first-order valence-electron chi connectivity index (χ1n) is 10.1. The van der Waals surface area contributed by atoms with Gasteiger partial charge in [0.1, 0.15) is 5.92 Å². The minimum atomic E-state index is -0.772. The highest BCUT2D eigenvalue weighted by molar-refractivity contribution is 9.10. The van der Waals surface area contributed by atoms with Gasteiger partial charge in [-0.3, -0.25) is 15.2 Å². The number of hydrogen-bond acceptors (Lipinski definition) is 5. The van der Waals surface area contributed by atoms with Crippen molar-refractivity contribution in [3.05, 3.63) is 87.7 Å². The molecule has 8 heteroatoms. The summed E-state index contributed by atoms with van der Waals surface area (Å²) >= 11 is 3.47. The SMILES string of the molecule is Cc1[nH]nc2c1C(c1cn(Cc3ccc(Br)cc3)nc1-c1ccccc1)C(C#N)C(=N)O2. The Morgan fingerprint density at radius 1 is 1.19 bits per heavy atom. The van der Waals surface area contributed by atoms with E-state index in [0.29, 0.717) is 12.4 Å². The van der Waals surface area contributed by atoms with Crippen LogP contribution in [0.25, 0.3) is 11.3 Å². The van der Waals surface area contributed by atoms with Gasteiger partial charge in [-0.15, -0.1) is 5.10 Å². The lowest BCUT2D eigenvalue weighted by Gasteiger charge is -2.27. The molecule has 2 atom stereocenters. The normalized spacial score (nSPS) is 17.5. The maximum atomic E-state index is 9.94. The van der Waals surface area contributed by atoms with Crippen LogP contribution in [0.3, 0.4) is 0 Å². The molecule has 0 saturated carbocycles. The Morgan fingerprint density at radius 3 is 2.66 bits per heavy atom. The van der Waals surface area contributed by atoms with Crippen LogP contribution in [-0.4, -0.2) is 25.9 Å². The molecular formula is C24H19BrN6O. The number of halogens is 1. The first kappa shape index (κ1) is 20.2. The third-order valence-corrected chi connectivity index (χ3v) is 6.19. The van der Waals surface area contributed by atoms with E-state index in [4.69, 9.17) is 15.2 Å². The molecule has 0 aliphatic carbocycles. The molecule has 0 amide bonds. The molecule has 1 aliphatic heterocycles. The first-order chi connectivity index (χ1) is 15.5. The van der Waals surface area contributed by atoms with E-state index in [2.05, 4.69) is 32.2 Å². The Morgan fingerprint density at radius 2 is 1.94 bits per heavy atom. The minimum Gasteiger partial charge on any atom is -0.422 e. The fourth-order valence-electron chi connectivity index (χ4n) is 4.16. The lowest BCUT2D eigenvalue weighted by Crippen LogP contribution is -2.31. The molecule has 0 spiro atoms. The number of hydrogen-bond donors (Lipinski definition) is 2. The maximum absolute atomic E-state index is 9.94. The quantitative estimate of drug-likeness (QED) is 0.421. The van der Waals surface area contributed by atoms with E-state index in [1.807, 2.05) is 72.4 Å². The summed E-state index contributed by atoms with van der Waals surface area (Å²) in [5.41, 5.74) is 5.34. The van der Waals surface area contributed by atoms with Gasteiger partial charge in [0.2, 0.25) is 11.8 Å². The van der Waals surface area contributed by atoms with E-state index < -0.39 is 11.8 Å². The standard InChI is InChI=1S/C24H19BrN6O/c1-14-20-21(18(11-26)23(27)32-24(20)29-28-14)19-13-31(12-15-7-9-17(25)10-8-15)30-22(19)16-5-3-2-4-6-16/h2-10,13,18,21,27H,12H2,1H3,(H,28,29). The predicted molar refractivity (Wildman–Crippen MR) is 124 cm³/mol. The van der Waals surface area contributed by atoms with Gasteiger partial charge >= 0.3 is 0 Å². The monoisotopic (exact) mass is 486 g/mol. The van der Waals surface area contributed by atoms with Crippen LogP contribution in [0.1, 0.15) is 28.3 Å². The Balaban J connectivity index is 1.67. The maximum Gasteiger partial charge on any atom is 0.243 e. The summed E-state index contributed by atoms with van der Waals surface area (Å²) in [6.45, 7) is 2.49. The third kappa shape index (κ3) is 3.51. The summed E-state index contributed by atoms with van der Waals surface area (Å²) in [6, 6.07) is 20.3. The van der Waals surface area contributed by atoms with Crippen LogP contribution in [0, 0.1) is 29.6 Å². The van der Waals surface area contributed by atoms with Crippen LogP contribution in [0.15, 0.2) is 65.3 Å². The second-order valence-corrected chi connectivity index (χ2v) is 8.66. The number of aryl methyl sites for hydroxylation is 1. The van der Waals surface area contributed by atoms with Crippen LogP contribution >= 0.6 is 15.9 Å². The number of nitriles is 1. The van der Waals surface area contributed by atoms with Gasteiger partial charge in [-0.25, -0.2) is 0 Å². The third-order valence-electron chi connectivity index (χ3n) is 5.66. The molecule has 0 fully saturated rings. The van der Waals surface area contributed by atoms with Gasteiger partial charge < -0.3 is 4.74 Å². The van der Waals surface area contributed by atoms with Crippen molar-refractivity contribution in [3.8, 4) is 23.2 Å². The lowest BCUT2D eigenvalue weighted by atomic mass is 9.79. The molecule has 0 saturated heterocycles. The van der Waals surface area contributed by atoms with Gasteiger partial charge in [-0.1, -0.05) is 58.4 Å². The molecule has 2 unspecified atom stereocenters. The Labute approximate surface area is 193 Å². The molecule has 158 valence electrons. The second kappa shape index (κ2) is 8.09. The molecule has 2 aromatic carbocycles. The van der Waals surface area contributed by atoms with Crippen LogP contribution in [0.2, 0.25) is 0 Å². The number of nitrogens with zero attached hydrogens (tertiary/aromatic N) is 4. The highest BCUT2D eigenvalue weighted by Crippen LogP contribution is 2.45. The molecule has 7 nitrogen and oxygen atoms in total. The molecule has 2 N–H and O–H groups in total. The fraction of sp³-hybridized carbons (Fsp3) is 0.167. The average molecular weight is 487 g/mol. The van der Waals surface area contributed by atoms with Crippen LogP contribution in [0.5, 0.6) is 5.88 Å². The molecule has 0 radical (unpaired) electrons. The summed E-state index contributed by atoms with van der Waals surface area (Å²) in [6.07, 6.45) is 1.98. The number of H-pyrrole nitrogens is 1. The zero-order valence-electron chi connectivity index (χ0n) is 17.2. The van der Waals surface area contributed by atoms with Crippen molar-refractivity contribution < 1.29 is 4.74 Å². The predicted octanol–water partition coefficient (Wildman–Crippen LogP) is 5.03. The van der Waals surface area contributed by atoms with Crippen LogP contribution in [-0.2, 0) is 6.54 Å². The minimum absolute atomic E-state index is 0.101. The van der Waals surface area contributed by atoms with Gasteiger partial charge in [0, 0.05) is 39.0 Å². The number of benzene rings is 2. The Kier molecular flexibility index (Phi) is 5.11. The van der Waals surface area contributed by atoms with Crippen molar-refractivity contribution in [3.63, 3.8) is 0 Å². The smallest absolute Gasteiger partial charge is 0.243 e. The largest absolute Gasteiger partial charge is 0.422 e. The molecular weight excluding hydrogens is 468 g/mol. The Hall–Kier alpha value is -3.70. The van der Waals surface area contributed by atoms with Gasteiger partial charge in [0.05, 0.1) is 18.3 Å². The molecule has 1 aliphatic rings. The summed E-state index contributed by atoms with van der Waals surface area (Å²) in [7, 11) is 0. The zero-order valence-corrected chi connectivity index (χ0v) is 18.8. The van der Waals surface area contributed by atoms with Crippen molar-refractivity contribution in [2.24, 2.45) is 5.92 Å². The molecule has 5 rings (SSSR count). The number of aromatic amines is 1. The fourth-order valence-corrected chi connectivity index (χ4v) is 4.42. The number of nitrogens with one attached hydrogen (secondary N) is 2. The van der Waals surface area contributed by atoms with E-state index in [1.54, 1.807) is 0 Å². The van der Waals surface area contributed by atoms with Crippen molar-refractivity contribution in [2.45, 2.75) is 19.4 Å².